The van der Waals surface area contributed by atoms with Gasteiger partial charge in [-0.25, -0.2) is 4.98 Å². The summed E-state index contributed by atoms with van der Waals surface area (Å²) >= 11 is 1.89. The van der Waals surface area contributed by atoms with Crippen LogP contribution in [0.15, 0.2) is 6.20 Å². The van der Waals surface area contributed by atoms with E-state index < -0.39 is 0 Å². The SMILES string of the molecule is Cc1nn(C)cc1C(NC(C)C)c1nc2c(s1)CCCC2. The monoisotopic (exact) mass is 304 g/mol. The standard InChI is InChI=1S/C16H24N4S/c1-10(2)17-15(12-9-20(4)19-11(12)3)16-18-13-7-5-6-8-14(13)21-16/h9-10,15,17H,5-8H2,1-4H3. The third-order valence-electron chi connectivity index (χ3n) is 3.97. The van der Waals surface area contributed by atoms with Crippen molar-refractivity contribution >= 4 is 11.3 Å². The number of fused-ring (bicyclic) bond motifs is 1. The summed E-state index contributed by atoms with van der Waals surface area (Å²) in [6.45, 7) is 6.45. The van der Waals surface area contributed by atoms with Gasteiger partial charge in [-0.1, -0.05) is 0 Å². The summed E-state index contributed by atoms with van der Waals surface area (Å²) < 4.78 is 1.90. The average Bonchev–Trinajstić information content (AvgIpc) is 2.98. The topological polar surface area (TPSA) is 42.7 Å². The molecule has 1 aliphatic rings. The van der Waals surface area contributed by atoms with Gasteiger partial charge in [-0.05, 0) is 46.5 Å². The van der Waals surface area contributed by atoms with E-state index in [0.717, 1.165) is 12.1 Å². The van der Waals surface area contributed by atoms with E-state index in [-0.39, 0.29) is 6.04 Å². The van der Waals surface area contributed by atoms with E-state index in [0.29, 0.717) is 6.04 Å². The molecule has 2 aromatic rings. The van der Waals surface area contributed by atoms with Crippen LogP contribution in [0.5, 0.6) is 0 Å². The lowest BCUT2D eigenvalue weighted by molar-refractivity contribution is 0.524. The van der Waals surface area contributed by atoms with Gasteiger partial charge in [0.1, 0.15) is 5.01 Å². The van der Waals surface area contributed by atoms with Gasteiger partial charge in [0.2, 0.25) is 0 Å². The Hall–Kier alpha value is -1.20. The van der Waals surface area contributed by atoms with Crippen LogP contribution in [-0.4, -0.2) is 20.8 Å². The van der Waals surface area contributed by atoms with Crippen molar-refractivity contribution in [3.05, 3.63) is 33.0 Å². The maximum atomic E-state index is 4.95. The van der Waals surface area contributed by atoms with Gasteiger partial charge in [0, 0.05) is 29.7 Å². The first-order chi connectivity index (χ1) is 10.0. The lowest BCUT2D eigenvalue weighted by Crippen LogP contribution is -2.29. The molecule has 3 rings (SSSR count). The molecule has 1 unspecified atom stereocenters. The second-order valence-electron chi connectivity index (χ2n) is 6.23. The molecule has 4 nitrogen and oxygen atoms in total. The van der Waals surface area contributed by atoms with E-state index >= 15 is 0 Å². The average molecular weight is 304 g/mol. The second-order valence-corrected chi connectivity index (χ2v) is 7.34. The van der Waals surface area contributed by atoms with Crippen LogP contribution in [0.1, 0.15) is 59.6 Å². The first-order valence-corrected chi connectivity index (χ1v) is 8.61. The lowest BCUT2D eigenvalue weighted by atomic mass is 10.0. The van der Waals surface area contributed by atoms with Crippen molar-refractivity contribution in [1.82, 2.24) is 20.1 Å². The van der Waals surface area contributed by atoms with Gasteiger partial charge >= 0.3 is 0 Å². The van der Waals surface area contributed by atoms with Crippen molar-refractivity contribution in [2.24, 2.45) is 7.05 Å². The van der Waals surface area contributed by atoms with Crippen LogP contribution in [0.3, 0.4) is 0 Å². The van der Waals surface area contributed by atoms with Gasteiger partial charge in [0.15, 0.2) is 0 Å². The maximum absolute atomic E-state index is 4.95. The molecule has 1 N–H and O–H groups in total. The zero-order valence-corrected chi connectivity index (χ0v) is 14.1. The van der Waals surface area contributed by atoms with E-state index in [1.807, 2.05) is 23.1 Å². The van der Waals surface area contributed by atoms with Crippen LogP contribution in [0.2, 0.25) is 0 Å². The fraction of sp³-hybridized carbons (Fsp3) is 0.625. The highest BCUT2D eigenvalue weighted by molar-refractivity contribution is 7.11. The van der Waals surface area contributed by atoms with Crippen molar-refractivity contribution in [2.45, 2.75) is 58.5 Å². The Balaban J connectivity index is 1.99. The molecule has 0 aliphatic heterocycles. The van der Waals surface area contributed by atoms with Crippen molar-refractivity contribution in [2.75, 3.05) is 0 Å². The number of rotatable bonds is 4. The third-order valence-corrected chi connectivity index (χ3v) is 5.19. The summed E-state index contributed by atoms with van der Waals surface area (Å²) in [5.74, 6) is 0. The number of aryl methyl sites for hydroxylation is 4. The van der Waals surface area contributed by atoms with E-state index in [1.54, 1.807) is 0 Å². The Kier molecular flexibility index (Phi) is 4.13. The van der Waals surface area contributed by atoms with Gasteiger partial charge in [-0.3, -0.25) is 4.68 Å². The Morgan fingerprint density at radius 2 is 2.05 bits per heavy atom. The fourth-order valence-corrected chi connectivity index (χ4v) is 4.26. The van der Waals surface area contributed by atoms with E-state index in [9.17, 15) is 0 Å². The molecule has 1 aliphatic carbocycles. The highest BCUT2D eigenvalue weighted by atomic mass is 32.1. The number of nitrogens with zero attached hydrogens (tertiary/aromatic N) is 3. The first kappa shape index (κ1) is 14.7. The summed E-state index contributed by atoms with van der Waals surface area (Å²) in [7, 11) is 1.98. The number of hydrogen-bond donors (Lipinski definition) is 1. The highest BCUT2D eigenvalue weighted by Crippen LogP contribution is 2.33. The molecule has 0 spiro atoms. The zero-order valence-electron chi connectivity index (χ0n) is 13.3. The van der Waals surface area contributed by atoms with Crippen molar-refractivity contribution < 1.29 is 0 Å². The number of aromatic nitrogens is 3. The molecule has 0 aromatic carbocycles. The molecule has 0 saturated heterocycles. The van der Waals surface area contributed by atoms with Crippen molar-refractivity contribution in [3.63, 3.8) is 0 Å². The van der Waals surface area contributed by atoms with Crippen LogP contribution in [0.4, 0.5) is 0 Å². The summed E-state index contributed by atoms with van der Waals surface area (Å²) in [6, 6.07) is 0.574. The minimum Gasteiger partial charge on any atom is -0.302 e. The number of thiazole rings is 1. The molecule has 1 atom stereocenters. The minimum absolute atomic E-state index is 0.161. The Bertz CT molecular complexity index is 603. The molecule has 2 aromatic heterocycles. The van der Waals surface area contributed by atoms with Crippen LogP contribution < -0.4 is 5.32 Å². The first-order valence-electron chi connectivity index (χ1n) is 7.79. The summed E-state index contributed by atoms with van der Waals surface area (Å²) in [4.78, 5) is 6.44. The predicted octanol–water partition coefficient (Wildman–Crippen LogP) is 3.15. The Morgan fingerprint density at radius 3 is 2.67 bits per heavy atom. The lowest BCUT2D eigenvalue weighted by Gasteiger charge is -2.18. The molecule has 0 radical (unpaired) electrons. The molecular formula is C16H24N4S. The maximum Gasteiger partial charge on any atom is 0.115 e. The van der Waals surface area contributed by atoms with Gasteiger partial charge in [0.25, 0.3) is 0 Å². The van der Waals surface area contributed by atoms with Crippen molar-refractivity contribution in [1.29, 1.82) is 0 Å². The van der Waals surface area contributed by atoms with Gasteiger partial charge in [0.05, 0.1) is 17.4 Å². The van der Waals surface area contributed by atoms with E-state index in [4.69, 9.17) is 4.98 Å². The molecule has 0 bridgehead atoms. The number of nitrogens with one attached hydrogen (secondary N) is 1. The molecular weight excluding hydrogens is 280 g/mol. The minimum atomic E-state index is 0.161. The molecule has 0 saturated carbocycles. The Labute approximate surface area is 130 Å². The molecule has 5 heteroatoms. The van der Waals surface area contributed by atoms with Gasteiger partial charge in [-0.15, -0.1) is 11.3 Å². The van der Waals surface area contributed by atoms with E-state index in [1.165, 1.54) is 40.4 Å². The smallest absolute Gasteiger partial charge is 0.115 e. The summed E-state index contributed by atoms with van der Waals surface area (Å²) in [5.41, 5.74) is 3.67. The fourth-order valence-electron chi connectivity index (χ4n) is 3.02. The van der Waals surface area contributed by atoms with Gasteiger partial charge < -0.3 is 5.32 Å². The van der Waals surface area contributed by atoms with Crippen LogP contribution in [0.25, 0.3) is 0 Å². The van der Waals surface area contributed by atoms with E-state index in [2.05, 4.69) is 37.4 Å². The van der Waals surface area contributed by atoms with Crippen LogP contribution in [0, 0.1) is 6.92 Å². The van der Waals surface area contributed by atoms with Crippen molar-refractivity contribution in [3.8, 4) is 0 Å². The van der Waals surface area contributed by atoms with Gasteiger partial charge in [-0.2, -0.15) is 5.10 Å². The second kappa shape index (κ2) is 5.89. The zero-order chi connectivity index (χ0) is 15.0. The highest BCUT2D eigenvalue weighted by Gasteiger charge is 2.25. The molecule has 114 valence electrons. The molecule has 2 heterocycles. The molecule has 0 fully saturated rings. The van der Waals surface area contributed by atoms with Crippen LogP contribution in [-0.2, 0) is 19.9 Å². The van der Waals surface area contributed by atoms with Crippen LogP contribution >= 0.6 is 11.3 Å². The molecule has 0 amide bonds. The quantitative estimate of drug-likeness (QED) is 0.943. The predicted molar refractivity (Wildman–Crippen MR) is 86.8 cm³/mol. The normalized spacial score (nSPS) is 16.2. The molecule has 21 heavy (non-hydrogen) atoms. The summed E-state index contributed by atoms with van der Waals surface area (Å²) in [6.07, 6.45) is 7.06. The number of hydrogen-bond acceptors (Lipinski definition) is 4. The summed E-state index contributed by atoms with van der Waals surface area (Å²) in [5, 5.41) is 9.37. The third kappa shape index (κ3) is 3.04. The Morgan fingerprint density at radius 1 is 1.29 bits per heavy atom. The largest absolute Gasteiger partial charge is 0.302 e.